The number of nitrogen functional groups attached to an aromatic ring is 1. The van der Waals surface area contributed by atoms with Crippen LogP contribution in [-0.4, -0.2) is 11.5 Å². The predicted molar refractivity (Wildman–Crippen MR) is 68.4 cm³/mol. The molecule has 17 heavy (non-hydrogen) atoms. The van der Waals surface area contributed by atoms with Gasteiger partial charge in [-0.1, -0.05) is 13.3 Å². The van der Waals surface area contributed by atoms with Crippen molar-refractivity contribution in [3.63, 3.8) is 0 Å². The summed E-state index contributed by atoms with van der Waals surface area (Å²) in [4.78, 5) is 4.19. The predicted octanol–water partition coefficient (Wildman–Crippen LogP) is 2.53. The molecule has 0 unspecified atom stereocenters. The molecular weight excluding hydrogens is 212 g/mol. The molecule has 4 nitrogen and oxygen atoms in total. The maximum Gasteiger partial charge on any atom is 0.149 e. The molecule has 0 saturated heterocycles. The highest BCUT2D eigenvalue weighted by atomic mass is 15.0. The van der Waals surface area contributed by atoms with E-state index in [1.54, 1.807) is 12.3 Å². The van der Waals surface area contributed by atoms with Gasteiger partial charge in [-0.15, -0.1) is 0 Å². The number of nitrogens with zero attached hydrogens (tertiary/aromatic N) is 2. The molecule has 1 aromatic heterocycles. The summed E-state index contributed by atoms with van der Waals surface area (Å²) in [6, 6.07) is 3.69. The van der Waals surface area contributed by atoms with Gasteiger partial charge in [-0.05, 0) is 30.7 Å². The summed E-state index contributed by atoms with van der Waals surface area (Å²) in [5, 5.41) is 12.0. The molecule has 0 bridgehead atoms. The zero-order valence-corrected chi connectivity index (χ0v) is 10.2. The van der Waals surface area contributed by atoms with E-state index in [0.717, 1.165) is 6.54 Å². The summed E-state index contributed by atoms with van der Waals surface area (Å²) in [6.45, 7) is 3.16. The molecule has 0 atom stereocenters. The minimum atomic E-state index is 0.433. The van der Waals surface area contributed by atoms with Gasteiger partial charge in [0.15, 0.2) is 0 Å². The van der Waals surface area contributed by atoms with Crippen LogP contribution in [0.1, 0.15) is 38.2 Å². The van der Waals surface area contributed by atoms with Crippen molar-refractivity contribution < 1.29 is 0 Å². The van der Waals surface area contributed by atoms with Crippen LogP contribution in [0.3, 0.4) is 0 Å². The highest BCUT2D eigenvalue weighted by Gasteiger charge is 2.34. The van der Waals surface area contributed by atoms with Crippen molar-refractivity contribution in [2.24, 2.45) is 5.41 Å². The van der Waals surface area contributed by atoms with Gasteiger partial charge >= 0.3 is 0 Å². The first-order valence-corrected chi connectivity index (χ1v) is 6.08. The molecule has 0 radical (unpaired) electrons. The van der Waals surface area contributed by atoms with E-state index in [1.165, 1.54) is 25.7 Å². The van der Waals surface area contributed by atoms with Gasteiger partial charge in [-0.2, -0.15) is 5.26 Å². The quantitative estimate of drug-likeness (QED) is 0.833. The maximum absolute atomic E-state index is 8.73. The van der Waals surface area contributed by atoms with Gasteiger partial charge in [0, 0.05) is 12.7 Å². The first-order valence-electron chi connectivity index (χ1n) is 6.08. The van der Waals surface area contributed by atoms with Crippen LogP contribution in [0.4, 0.5) is 11.5 Å². The van der Waals surface area contributed by atoms with Gasteiger partial charge in [-0.3, -0.25) is 0 Å². The Morgan fingerprint density at radius 1 is 1.59 bits per heavy atom. The minimum Gasteiger partial charge on any atom is -0.396 e. The van der Waals surface area contributed by atoms with Gasteiger partial charge in [0.05, 0.1) is 11.3 Å². The van der Waals surface area contributed by atoms with E-state index >= 15 is 0 Å². The zero-order valence-electron chi connectivity index (χ0n) is 10.2. The zero-order chi connectivity index (χ0) is 12.3. The van der Waals surface area contributed by atoms with E-state index < -0.39 is 0 Å². The average Bonchev–Trinajstić information content (AvgIpc) is 2.30. The molecule has 1 fully saturated rings. The minimum absolute atomic E-state index is 0.433. The van der Waals surface area contributed by atoms with Gasteiger partial charge in [0.25, 0.3) is 0 Å². The van der Waals surface area contributed by atoms with Crippen molar-refractivity contribution in [1.82, 2.24) is 4.98 Å². The molecule has 1 saturated carbocycles. The van der Waals surface area contributed by atoms with Gasteiger partial charge in [0.1, 0.15) is 11.9 Å². The van der Waals surface area contributed by atoms with E-state index in [0.29, 0.717) is 22.5 Å². The largest absolute Gasteiger partial charge is 0.396 e. The Balaban J connectivity index is 2.02. The van der Waals surface area contributed by atoms with Crippen molar-refractivity contribution in [2.75, 3.05) is 17.6 Å². The van der Waals surface area contributed by atoms with Crippen molar-refractivity contribution >= 4 is 11.5 Å². The Bertz CT molecular complexity index is 438. The number of rotatable bonds is 4. The Labute approximate surface area is 102 Å². The second-order valence-electron chi connectivity index (χ2n) is 4.83. The van der Waals surface area contributed by atoms with Crippen LogP contribution in [0.15, 0.2) is 12.3 Å². The Morgan fingerprint density at radius 3 is 2.82 bits per heavy atom. The van der Waals surface area contributed by atoms with Crippen molar-refractivity contribution in [1.29, 1.82) is 5.26 Å². The van der Waals surface area contributed by atoms with Crippen LogP contribution in [0, 0.1) is 16.7 Å². The number of nitrogens with two attached hydrogens (primary N) is 1. The molecule has 0 aliphatic heterocycles. The summed E-state index contributed by atoms with van der Waals surface area (Å²) in [5.74, 6) is 0.698. The summed E-state index contributed by atoms with van der Waals surface area (Å²) >= 11 is 0. The van der Waals surface area contributed by atoms with Gasteiger partial charge in [0.2, 0.25) is 0 Å². The van der Waals surface area contributed by atoms with Gasteiger partial charge < -0.3 is 11.1 Å². The van der Waals surface area contributed by atoms with Crippen LogP contribution >= 0.6 is 0 Å². The van der Waals surface area contributed by atoms with E-state index in [2.05, 4.69) is 17.2 Å². The normalized spacial score (nSPS) is 16.9. The lowest BCUT2D eigenvalue weighted by atomic mass is 9.67. The molecule has 1 aromatic rings. The number of hydrogen-bond donors (Lipinski definition) is 2. The third kappa shape index (κ3) is 2.33. The van der Waals surface area contributed by atoms with E-state index in [1.807, 2.05) is 6.07 Å². The second kappa shape index (κ2) is 4.62. The summed E-state index contributed by atoms with van der Waals surface area (Å²) in [5.41, 5.74) is 7.34. The van der Waals surface area contributed by atoms with Crippen LogP contribution in [0.2, 0.25) is 0 Å². The van der Waals surface area contributed by atoms with E-state index in [-0.39, 0.29) is 0 Å². The van der Waals surface area contributed by atoms with Gasteiger partial charge in [-0.25, -0.2) is 4.98 Å². The number of hydrogen-bond acceptors (Lipinski definition) is 4. The van der Waals surface area contributed by atoms with E-state index in [9.17, 15) is 0 Å². The molecule has 0 amide bonds. The van der Waals surface area contributed by atoms with Crippen LogP contribution in [0.5, 0.6) is 0 Å². The summed E-state index contributed by atoms with van der Waals surface area (Å²) in [6.07, 6.45) is 6.64. The number of anilines is 2. The Morgan fingerprint density at radius 2 is 2.35 bits per heavy atom. The number of aromatic nitrogens is 1. The molecule has 0 aromatic carbocycles. The first kappa shape index (κ1) is 11.7. The highest BCUT2D eigenvalue weighted by Crippen LogP contribution is 2.43. The molecule has 2 rings (SSSR count). The molecule has 90 valence electrons. The third-order valence-corrected chi connectivity index (χ3v) is 3.84. The number of nitriles is 1. The fraction of sp³-hybridized carbons (Fsp3) is 0.538. The van der Waals surface area contributed by atoms with Crippen molar-refractivity contribution in [3.8, 4) is 6.07 Å². The molecule has 1 aliphatic rings. The number of pyridine rings is 1. The molecule has 0 spiro atoms. The molecule has 4 heteroatoms. The fourth-order valence-electron chi connectivity index (χ4n) is 2.29. The molecular formula is C13H18N4. The second-order valence-corrected chi connectivity index (χ2v) is 4.83. The maximum atomic E-state index is 8.73. The van der Waals surface area contributed by atoms with Crippen molar-refractivity contribution in [3.05, 3.63) is 17.8 Å². The van der Waals surface area contributed by atoms with E-state index in [4.69, 9.17) is 11.0 Å². The van der Waals surface area contributed by atoms with Crippen molar-refractivity contribution in [2.45, 2.75) is 32.6 Å². The standard InChI is InChI=1S/C13H18N4/c1-2-13(4-3-5-13)9-17-12-11(15)6-10(7-14)8-16-12/h6,8H,2-5,9,15H2,1H3,(H,16,17). The highest BCUT2D eigenvalue weighted by molar-refractivity contribution is 5.63. The molecule has 1 aliphatic carbocycles. The first-order chi connectivity index (χ1) is 8.19. The smallest absolute Gasteiger partial charge is 0.149 e. The summed E-state index contributed by atoms with van der Waals surface area (Å²) < 4.78 is 0. The monoisotopic (exact) mass is 230 g/mol. The molecule has 3 N–H and O–H groups in total. The van der Waals surface area contributed by atoms with Crippen LogP contribution < -0.4 is 11.1 Å². The van der Waals surface area contributed by atoms with Crippen LogP contribution in [0.25, 0.3) is 0 Å². The Hall–Kier alpha value is -1.76. The SMILES string of the molecule is CCC1(CNc2ncc(C#N)cc2N)CCC1. The third-order valence-electron chi connectivity index (χ3n) is 3.84. The lowest BCUT2D eigenvalue weighted by Crippen LogP contribution is -2.36. The van der Waals surface area contributed by atoms with Crippen LogP contribution in [-0.2, 0) is 0 Å². The molecule has 1 heterocycles. The fourth-order valence-corrected chi connectivity index (χ4v) is 2.29. The topological polar surface area (TPSA) is 74.7 Å². The Kier molecular flexibility index (Phi) is 3.19. The lowest BCUT2D eigenvalue weighted by molar-refractivity contribution is 0.145. The lowest BCUT2D eigenvalue weighted by Gasteiger charge is -2.41. The average molecular weight is 230 g/mol. The summed E-state index contributed by atoms with van der Waals surface area (Å²) in [7, 11) is 0. The number of nitrogens with one attached hydrogen (secondary N) is 1.